The van der Waals surface area contributed by atoms with E-state index in [9.17, 15) is 13.0 Å². The third kappa shape index (κ3) is 19.0. The largest absolute Gasteiger partial charge is 0.396 e. The average Bonchev–Trinajstić information content (AvgIpc) is 2.62. The van der Waals surface area contributed by atoms with Gasteiger partial charge in [0.15, 0.2) is 0 Å². The lowest BCUT2D eigenvalue weighted by Gasteiger charge is -2.13. The van der Waals surface area contributed by atoms with Crippen molar-refractivity contribution in [1.29, 1.82) is 0 Å². The highest BCUT2D eigenvalue weighted by atomic mass is 32.2. The summed E-state index contributed by atoms with van der Waals surface area (Å²) in [6.45, 7) is 2.47. The van der Waals surface area contributed by atoms with Crippen LogP contribution < -0.4 is 0 Å². The summed E-state index contributed by atoms with van der Waals surface area (Å²) in [7, 11) is -3.88. The molecule has 0 radical (unpaired) electrons. The van der Waals surface area contributed by atoms with E-state index in [1.54, 1.807) is 0 Å². The highest BCUT2D eigenvalue weighted by molar-refractivity contribution is 7.86. The second kappa shape index (κ2) is 19.2. The predicted molar refractivity (Wildman–Crippen MR) is 116 cm³/mol. The lowest BCUT2D eigenvalue weighted by atomic mass is 10.0. The second-order valence-electron chi connectivity index (χ2n) is 8.09. The summed E-state index contributed by atoms with van der Waals surface area (Å²) >= 11 is 0. The Morgan fingerprint density at radius 1 is 0.593 bits per heavy atom. The molecule has 0 aromatic carbocycles. The summed E-state index contributed by atoms with van der Waals surface area (Å²) in [5.74, 6) is 0. The van der Waals surface area contributed by atoms with Crippen LogP contribution in [-0.2, 0) is 10.1 Å². The van der Waals surface area contributed by atoms with E-state index in [2.05, 4.69) is 6.92 Å². The third-order valence-corrected chi connectivity index (χ3v) is 6.80. The maximum absolute atomic E-state index is 11.5. The van der Waals surface area contributed by atoms with Crippen LogP contribution in [0.4, 0.5) is 0 Å². The van der Waals surface area contributed by atoms with E-state index >= 15 is 0 Å². The van der Waals surface area contributed by atoms with E-state index in [-0.39, 0.29) is 0 Å². The summed E-state index contributed by atoms with van der Waals surface area (Å²) in [6, 6.07) is 0. The smallest absolute Gasteiger partial charge is 0.267 e. The molecule has 0 rings (SSSR count). The SMILES string of the molecule is CCCCCCC(CCCCCCCCCCCCCCCO)S(=O)(=O)O. The van der Waals surface area contributed by atoms with Gasteiger partial charge in [-0.15, -0.1) is 0 Å². The number of rotatable bonds is 21. The monoisotopic (exact) mass is 406 g/mol. The molecule has 0 fully saturated rings. The quantitative estimate of drug-likeness (QED) is 0.165. The van der Waals surface area contributed by atoms with Gasteiger partial charge in [-0.1, -0.05) is 110 Å². The second-order valence-corrected chi connectivity index (χ2v) is 9.79. The summed E-state index contributed by atoms with van der Waals surface area (Å²) < 4.78 is 32.4. The van der Waals surface area contributed by atoms with Crippen LogP contribution in [0.3, 0.4) is 0 Å². The van der Waals surface area contributed by atoms with E-state index in [0.717, 1.165) is 51.4 Å². The van der Waals surface area contributed by atoms with Gasteiger partial charge in [-0.25, -0.2) is 0 Å². The van der Waals surface area contributed by atoms with Crippen LogP contribution in [0.15, 0.2) is 0 Å². The molecule has 0 aliphatic rings. The van der Waals surface area contributed by atoms with Gasteiger partial charge in [-0.3, -0.25) is 4.55 Å². The van der Waals surface area contributed by atoms with Crippen LogP contribution in [0.5, 0.6) is 0 Å². The topological polar surface area (TPSA) is 74.6 Å². The molecule has 27 heavy (non-hydrogen) atoms. The first kappa shape index (κ1) is 26.9. The first-order valence-corrected chi connectivity index (χ1v) is 13.1. The van der Waals surface area contributed by atoms with E-state index < -0.39 is 15.4 Å². The van der Waals surface area contributed by atoms with Crippen LogP contribution in [0, 0.1) is 0 Å². The van der Waals surface area contributed by atoms with Crippen molar-refractivity contribution >= 4 is 10.1 Å². The Kier molecular flexibility index (Phi) is 19.1. The number of hydrogen-bond donors (Lipinski definition) is 2. The lowest BCUT2D eigenvalue weighted by Crippen LogP contribution is -2.20. The van der Waals surface area contributed by atoms with Gasteiger partial charge in [0.2, 0.25) is 0 Å². The molecule has 2 N–H and O–H groups in total. The highest BCUT2D eigenvalue weighted by Crippen LogP contribution is 2.19. The lowest BCUT2D eigenvalue weighted by molar-refractivity contribution is 0.282. The minimum absolute atomic E-state index is 0.329. The zero-order chi connectivity index (χ0) is 20.2. The number of unbranched alkanes of at least 4 members (excludes halogenated alkanes) is 15. The molecular formula is C22H46O4S. The molecule has 0 heterocycles. The van der Waals surface area contributed by atoms with Crippen LogP contribution in [0.1, 0.15) is 129 Å². The van der Waals surface area contributed by atoms with Gasteiger partial charge in [0.1, 0.15) is 0 Å². The molecule has 0 spiro atoms. The fourth-order valence-electron chi connectivity index (χ4n) is 3.67. The molecule has 0 saturated heterocycles. The maximum atomic E-state index is 11.5. The molecule has 5 heteroatoms. The van der Waals surface area contributed by atoms with E-state index in [0.29, 0.717) is 19.4 Å². The summed E-state index contributed by atoms with van der Waals surface area (Å²) in [6.07, 6.45) is 21.1. The minimum atomic E-state index is -3.88. The molecule has 164 valence electrons. The normalized spacial score (nSPS) is 13.1. The summed E-state index contributed by atoms with van der Waals surface area (Å²) in [5.41, 5.74) is 0. The fourth-order valence-corrected chi connectivity index (χ4v) is 4.60. The molecule has 0 aliphatic carbocycles. The Hall–Kier alpha value is -0.130. The number of hydrogen-bond acceptors (Lipinski definition) is 3. The first-order chi connectivity index (χ1) is 13.0. The molecular weight excluding hydrogens is 360 g/mol. The molecule has 0 aliphatic heterocycles. The van der Waals surface area contributed by atoms with Gasteiger partial charge in [-0.2, -0.15) is 8.42 Å². The first-order valence-electron chi connectivity index (χ1n) is 11.6. The molecule has 0 bridgehead atoms. The van der Waals surface area contributed by atoms with Gasteiger partial charge in [-0.05, 0) is 19.3 Å². The standard InChI is InChI=1S/C22H46O4S/c1-2-3-4-16-19-22(27(24,25)26)20-17-14-12-10-8-6-5-7-9-11-13-15-18-21-23/h22-23H,2-21H2,1H3,(H,24,25,26). The summed E-state index contributed by atoms with van der Waals surface area (Å²) in [5, 5.41) is 8.17. The Morgan fingerprint density at radius 3 is 1.26 bits per heavy atom. The summed E-state index contributed by atoms with van der Waals surface area (Å²) in [4.78, 5) is 0. The Bertz CT molecular complexity index is 395. The third-order valence-electron chi connectivity index (χ3n) is 5.49. The fraction of sp³-hybridized carbons (Fsp3) is 1.00. The number of aliphatic hydroxyl groups is 1. The van der Waals surface area contributed by atoms with Crippen molar-refractivity contribution in [3.8, 4) is 0 Å². The van der Waals surface area contributed by atoms with Gasteiger partial charge in [0.25, 0.3) is 10.1 Å². The van der Waals surface area contributed by atoms with Gasteiger partial charge >= 0.3 is 0 Å². The Balaban J connectivity index is 3.49. The predicted octanol–water partition coefficient (Wildman–Crippen LogP) is 6.67. The average molecular weight is 407 g/mol. The molecule has 0 aromatic heterocycles. The van der Waals surface area contributed by atoms with Crippen LogP contribution in [-0.4, -0.2) is 29.9 Å². The van der Waals surface area contributed by atoms with Gasteiger partial charge in [0, 0.05) is 6.61 Å². The highest BCUT2D eigenvalue weighted by Gasteiger charge is 2.21. The zero-order valence-electron chi connectivity index (χ0n) is 17.8. The van der Waals surface area contributed by atoms with Crippen molar-refractivity contribution in [2.45, 2.75) is 134 Å². The van der Waals surface area contributed by atoms with Crippen molar-refractivity contribution in [2.24, 2.45) is 0 Å². The molecule has 0 saturated carbocycles. The van der Waals surface area contributed by atoms with Crippen molar-refractivity contribution < 1.29 is 18.1 Å². The number of aliphatic hydroxyl groups excluding tert-OH is 1. The van der Waals surface area contributed by atoms with Crippen molar-refractivity contribution in [1.82, 2.24) is 0 Å². The maximum Gasteiger partial charge on any atom is 0.267 e. The van der Waals surface area contributed by atoms with Gasteiger partial charge < -0.3 is 5.11 Å². The Morgan fingerprint density at radius 2 is 0.926 bits per heavy atom. The van der Waals surface area contributed by atoms with Crippen molar-refractivity contribution in [3.63, 3.8) is 0 Å². The molecule has 1 atom stereocenters. The van der Waals surface area contributed by atoms with E-state index in [4.69, 9.17) is 5.11 Å². The van der Waals surface area contributed by atoms with Crippen LogP contribution in [0.2, 0.25) is 0 Å². The van der Waals surface area contributed by atoms with Crippen molar-refractivity contribution in [2.75, 3.05) is 6.61 Å². The molecule has 0 amide bonds. The van der Waals surface area contributed by atoms with E-state index in [1.807, 2.05) is 0 Å². The molecule has 1 unspecified atom stereocenters. The Labute approximate surface area is 169 Å². The van der Waals surface area contributed by atoms with E-state index in [1.165, 1.54) is 57.8 Å². The van der Waals surface area contributed by atoms with Gasteiger partial charge in [0.05, 0.1) is 5.25 Å². The van der Waals surface area contributed by atoms with Crippen LogP contribution >= 0.6 is 0 Å². The molecule has 4 nitrogen and oxygen atoms in total. The molecule has 0 aromatic rings. The zero-order valence-corrected chi connectivity index (χ0v) is 18.7. The van der Waals surface area contributed by atoms with Crippen molar-refractivity contribution in [3.05, 3.63) is 0 Å². The minimum Gasteiger partial charge on any atom is -0.396 e. The van der Waals surface area contributed by atoms with Crippen LogP contribution in [0.25, 0.3) is 0 Å².